The van der Waals surface area contributed by atoms with Crippen molar-refractivity contribution in [3.8, 4) is 5.75 Å². The molecule has 0 amide bonds. The van der Waals surface area contributed by atoms with Crippen molar-refractivity contribution in [1.29, 1.82) is 0 Å². The van der Waals surface area contributed by atoms with Crippen molar-refractivity contribution in [2.45, 2.75) is 25.1 Å². The first kappa shape index (κ1) is 11.6. The minimum atomic E-state index is 0.535. The number of para-hydroxylation sites is 1. The molecule has 0 bridgehead atoms. The van der Waals surface area contributed by atoms with Gasteiger partial charge in [0, 0.05) is 4.83 Å². The van der Waals surface area contributed by atoms with Crippen LogP contribution in [-0.4, -0.2) is 11.9 Å². The van der Waals surface area contributed by atoms with Crippen molar-refractivity contribution in [3.63, 3.8) is 0 Å². The topological polar surface area (TPSA) is 9.23 Å². The standard InChI is InChI=1S/C12H17BrO/c1-9(10(2)13)8-11-6-4-5-7-12(11)14-3/h4-7,9-10H,8H2,1-3H3. The van der Waals surface area contributed by atoms with Gasteiger partial charge in [-0.15, -0.1) is 0 Å². The van der Waals surface area contributed by atoms with Crippen molar-refractivity contribution < 1.29 is 4.74 Å². The fourth-order valence-corrected chi connectivity index (χ4v) is 1.57. The van der Waals surface area contributed by atoms with E-state index in [1.54, 1.807) is 7.11 Å². The predicted octanol–water partition coefficient (Wildman–Crippen LogP) is 3.66. The molecule has 0 saturated heterocycles. The van der Waals surface area contributed by atoms with Crippen LogP contribution >= 0.6 is 15.9 Å². The molecular weight excluding hydrogens is 240 g/mol. The van der Waals surface area contributed by atoms with Crippen LogP contribution in [0.25, 0.3) is 0 Å². The van der Waals surface area contributed by atoms with E-state index in [1.165, 1.54) is 5.56 Å². The number of ether oxygens (including phenoxy) is 1. The Morgan fingerprint density at radius 3 is 2.50 bits per heavy atom. The first-order valence-corrected chi connectivity index (χ1v) is 5.82. The molecule has 1 aromatic rings. The molecule has 0 aromatic heterocycles. The summed E-state index contributed by atoms with van der Waals surface area (Å²) < 4.78 is 5.31. The Bertz CT molecular complexity index is 283. The number of benzene rings is 1. The number of hydrogen-bond acceptors (Lipinski definition) is 1. The van der Waals surface area contributed by atoms with Crippen molar-refractivity contribution >= 4 is 15.9 Å². The van der Waals surface area contributed by atoms with Gasteiger partial charge >= 0.3 is 0 Å². The number of halogens is 1. The molecule has 0 aliphatic heterocycles. The number of rotatable bonds is 4. The quantitative estimate of drug-likeness (QED) is 0.748. The lowest BCUT2D eigenvalue weighted by molar-refractivity contribution is 0.405. The van der Waals surface area contributed by atoms with Gasteiger partial charge in [0.05, 0.1) is 7.11 Å². The van der Waals surface area contributed by atoms with Crippen LogP contribution in [0, 0.1) is 5.92 Å². The number of methoxy groups -OCH3 is 1. The maximum atomic E-state index is 5.31. The van der Waals surface area contributed by atoms with Crippen molar-refractivity contribution in [1.82, 2.24) is 0 Å². The highest BCUT2D eigenvalue weighted by molar-refractivity contribution is 9.09. The summed E-state index contributed by atoms with van der Waals surface area (Å²) >= 11 is 3.60. The Morgan fingerprint density at radius 1 is 1.29 bits per heavy atom. The Morgan fingerprint density at radius 2 is 1.93 bits per heavy atom. The molecule has 2 heteroatoms. The smallest absolute Gasteiger partial charge is 0.122 e. The van der Waals surface area contributed by atoms with E-state index in [-0.39, 0.29) is 0 Å². The fourth-order valence-electron chi connectivity index (χ4n) is 1.38. The zero-order valence-electron chi connectivity index (χ0n) is 8.96. The summed E-state index contributed by atoms with van der Waals surface area (Å²) in [5.41, 5.74) is 1.29. The largest absolute Gasteiger partial charge is 0.496 e. The molecule has 2 atom stereocenters. The van der Waals surface area contributed by atoms with Gasteiger partial charge in [-0.1, -0.05) is 48.0 Å². The van der Waals surface area contributed by atoms with Gasteiger partial charge < -0.3 is 4.74 Å². The average molecular weight is 257 g/mol. The maximum absolute atomic E-state index is 5.31. The summed E-state index contributed by atoms with van der Waals surface area (Å²) in [5, 5.41) is 0. The summed E-state index contributed by atoms with van der Waals surface area (Å²) in [7, 11) is 1.72. The van der Waals surface area contributed by atoms with Crippen LogP contribution in [0.2, 0.25) is 0 Å². The molecule has 2 unspecified atom stereocenters. The Balaban J connectivity index is 2.75. The second-order valence-electron chi connectivity index (χ2n) is 3.67. The molecule has 0 aliphatic carbocycles. The first-order chi connectivity index (χ1) is 6.65. The predicted molar refractivity (Wildman–Crippen MR) is 64.3 cm³/mol. The van der Waals surface area contributed by atoms with E-state index >= 15 is 0 Å². The highest BCUT2D eigenvalue weighted by atomic mass is 79.9. The molecule has 1 nitrogen and oxygen atoms in total. The highest BCUT2D eigenvalue weighted by Crippen LogP contribution is 2.24. The molecule has 0 aliphatic rings. The summed E-state index contributed by atoms with van der Waals surface area (Å²) in [6, 6.07) is 8.21. The lowest BCUT2D eigenvalue weighted by Gasteiger charge is -2.15. The fraction of sp³-hybridized carbons (Fsp3) is 0.500. The van der Waals surface area contributed by atoms with Gasteiger partial charge in [0.1, 0.15) is 5.75 Å². The van der Waals surface area contributed by atoms with E-state index < -0.39 is 0 Å². The zero-order chi connectivity index (χ0) is 10.6. The van der Waals surface area contributed by atoms with Gasteiger partial charge in [0.25, 0.3) is 0 Å². The minimum Gasteiger partial charge on any atom is -0.496 e. The van der Waals surface area contributed by atoms with Crippen LogP contribution in [0.3, 0.4) is 0 Å². The summed E-state index contributed by atoms with van der Waals surface area (Å²) in [4.78, 5) is 0.535. The highest BCUT2D eigenvalue weighted by Gasteiger charge is 2.11. The monoisotopic (exact) mass is 256 g/mol. The molecule has 1 rings (SSSR count). The molecule has 0 spiro atoms. The average Bonchev–Trinajstić information content (AvgIpc) is 2.18. The Hall–Kier alpha value is -0.500. The second-order valence-corrected chi connectivity index (χ2v) is 5.12. The normalized spacial score (nSPS) is 14.9. The molecule has 14 heavy (non-hydrogen) atoms. The first-order valence-electron chi connectivity index (χ1n) is 4.91. The second kappa shape index (κ2) is 5.40. The van der Waals surface area contributed by atoms with Gasteiger partial charge in [0.2, 0.25) is 0 Å². The number of hydrogen-bond donors (Lipinski definition) is 0. The third kappa shape index (κ3) is 3.02. The van der Waals surface area contributed by atoms with Crippen LogP contribution < -0.4 is 4.74 Å². The molecule has 1 aromatic carbocycles. The van der Waals surface area contributed by atoms with E-state index in [9.17, 15) is 0 Å². The number of alkyl halides is 1. The van der Waals surface area contributed by atoms with Crippen molar-refractivity contribution in [2.75, 3.05) is 7.11 Å². The van der Waals surface area contributed by atoms with E-state index in [0.717, 1.165) is 12.2 Å². The van der Waals surface area contributed by atoms with E-state index in [2.05, 4.69) is 41.9 Å². The Labute approximate surface area is 94.6 Å². The van der Waals surface area contributed by atoms with E-state index in [1.807, 2.05) is 12.1 Å². The molecular formula is C12H17BrO. The minimum absolute atomic E-state index is 0.535. The van der Waals surface area contributed by atoms with Gasteiger partial charge in [0.15, 0.2) is 0 Å². The van der Waals surface area contributed by atoms with Gasteiger partial charge in [-0.2, -0.15) is 0 Å². The molecule has 0 N–H and O–H groups in total. The lowest BCUT2D eigenvalue weighted by atomic mass is 9.98. The molecule has 78 valence electrons. The molecule has 0 heterocycles. The summed E-state index contributed by atoms with van der Waals surface area (Å²) in [6.07, 6.45) is 1.05. The lowest BCUT2D eigenvalue weighted by Crippen LogP contribution is -2.10. The van der Waals surface area contributed by atoms with Crippen LogP contribution in [0.5, 0.6) is 5.75 Å². The maximum Gasteiger partial charge on any atom is 0.122 e. The molecule has 0 saturated carbocycles. The third-order valence-electron chi connectivity index (χ3n) is 2.52. The van der Waals surface area contributed by atoms with E-state index in [4.69, 9.17) is 4.74 Å². The molecule has 0 radical (unpaired) electrons. The van der Waals surface area contributed by atoms with Crippen molar-refractivity contribution in [3.05, 3.63) is 29.8 Å². The van der Waals surface area contributed by atoms with E-state index in [0.29, 0.717) is 10.7 Å². The Kier molecular flexibility index (Phi) is 4.46. The summed E-state index contributed by atoms with van der Waals surface area (Å²) in [5.74, 6) is 1.61. The van der Waals surface area contributed by atoms with Gasteiger partial charge in [-0.25, -0.2) is 0 Å². The van der Waals surface area contributed by atoms with Crippen LogP contribution in [-0.2, 0) is 6.42 Å². The van der Waals surface area contributed by atoms with Gasteiger partial charge in [-0.05, 0) is 24.0 Å². The van der Waals surface area contributed by atoms with Crippen LogP contribution in [0.1, 0.15) is 19.4 Å². The van der Waals surface area contributed by atoms with Crippen LogP contribution in [0.15, 0.2) is 24.3 Å². The SMILES string of the molecule is COc1ccccc1CC(C)C(C)Br. The van der Waals surface area contributed by atoms with Crippen LogP contribution in [0.4, 0.5) is 0 Å². The molecule has 0 fully saturated rings. The summed E-state index contributed by atoms with van der Waals surface area (Å²) in [6.45, 7) is 4.42. The zero-order valence-corrected chi connectivity index (χ0v) is 10.5. The van der Waals surface area contributed by atoms with Crippen molar-refractivity contribution in [2.24, 2.45) is 5.92 Å². The van der Waals surface area contributed by atoms with Gasteiger partial charge in [-0.3, -0.25) is 0 Å². The third-order valence-corrected chi connectivity index (χ3v) is 3.42.